The third-order valence-corrected chi connectivity index (χ3v) is 5.46. The molecule has 0 fully saturated rings. The van der Waals surface area contributed by atoms with Gasteiger partial charge in [0.2, 0.25) is 5.88 Å². The minimum Gasteiger partial charge on any atom is -0.337 e. The largest absolute Gasteiger partial charge is 0.337 e. The molecule has 0 saturated heterocycles. The van der Waals surface area contributed by atoms with Gasteiger partial charge in [0.15, 0.2) is 0 Å². The molecule has 0 bridgehead atoms. The number of benzene rings is 1. The number of anilines is 2. The minimum absolute atomic E-state index is 0.00774. The Morgan fingerprint density at radius 1 is 1.15 bits per heavy atom. The number of rotatable bonds is 5. The highest BCUT2D eigenvalue weighted by Crippen LogP contribution is 2.23. The fourth-order valence-corrected chi connectivity index (χ4v) is 3.41. The van der Waals surface area contributed by atoms with Crippen LogP contribution in [0.25, 0.3) is 0 Å². The Balaban J connectivity index is 1.76. The maximum atomic E-state index is 12.5. The molecule has 0 unspecified atom stereocenters. The Kier molecular flexibility index (Phi) is 5.15. The molecule has 3 aromatic rings. The van der Waals surface area contributed by atoms with E-state index < -0.39 is 15.9 Å². The molecule has 27 heavy (non-hydrogen) atoms. The van der Waals surface area contributed by atoms with E-state index in [4.69, 9.17) is 16.1 Å². The number of pyridine rings is 1. The lowest BCUT2D eigenvalue weighted by Gasteiger charge is -2.08. The minimum atomic E-state index is -3.85. The highest BCUT2D eigenvalue weighted by atomic mass is 35.5. The van der Waals surface area contributed by atoms with Gasteiger partial charge in [-0.1, -0.05) is 16.8 Å². The lowest BCUT2D eigenvalue weighted by Crippen LogP contribution is -2.14. The molecule has 0 aliphatic rings. The summed E-state index contributed by atoms with van der Waals surface area (Å²) in [7, 11) is -3.85. The SMILES string of the molecule is Cc1noc(NS(=O)(=O)c2ccc(NC(=O)c3cccnc3Cl)cc2)c1C. The number of amides is 1. The predicted molar refractivity (Wildman–Crippen MR) is 100 cm³/mol. The molecular weight excluding hydrogens is 392 g/mol. The normalized spacial score (nSPS) is 11.2. The van der Waals surface area contributed by atoms with Gasteiger partial charge in [-0.15, -0.1) is 0 Å². The van der Waals surface area contributed by atoms with E-state index in [1.807, 2.05) is 0 Å². The number of nitrogens with one attached hydrogen (secondary N) is 2. The first-order valence-corrected chi connectivity index (χ1v) is 9.61. The van der Waals surface area contributed by atoms with E-state index in [0.29, 0.717) is 16.9 Å². The van der Waals surface area contributed by atoms with Crippen molar-refractivity contribution in [2.75, 3.05) is 10.0 Å². The summed E-state index contributed by atoms with van der Waals surface area (Å²) in [6, 6.07) is 8.79. The van der Waals surface area contributed by atoms with E-state index in [0.717, 1.165) is 0 Å². The van der Waals surface area contributed by atoms with Crippen LogP contribution in [0.1, 0.15) is 21.6 Å². The number of nitrogens with zero attached hydrogens (tertiary/aromatic N) is 2. The summed E-state index contributed by atoms with van der Waals surface area (Å²) in [5, 5.41) is 6.42. The maximum Gasteiger partial charge on any atom is 0.264 e. The number of aromatic nitrogens is 2. The number of carbonyl (C=O) groups excluding carboxylic acids is 1. The predicted octanol–water partition coefficient (Wildman–Crippen LogP) is 3.39. The zero-order valence-electron chi connectivity index (χ0n) is 14.4. The third-order valence-electron chi connectivity index (χ3n) is 3.81. The van der Waals surface area contributed by atoms with Gasteiger partial charge in [-0.2, -0.15) is 0 Å². The smallest absolute Gasteiger partial charge is 0.264 e. The molecule has 8 nitrogen and oxygen atoms in total. The van der Waals surface area contributed by atoms with Crippen LogP contribution in [0.4, 0.5) is 11.6 Å². The molecular formula is C17H15ClN4O4S. The molecule has 0 spiro atoms. The van der Waals surface area contributed by atoms with Crippen LogP contribution in [-0.4, -0.2) is 24.5 Å². The van der Waals surface area contributed by atoms with Crippen molar-refractivity contribution >= 4 is 39.1 Å². The summed E-state index contributed by atoms with van der Waals surface area (Å²) in [5.74, 6) is -0.384. The molecule has 2 N–H and O–H groups in total. The molecule has 0 aliphatic carbocycles. The van der Waals surface area contributed by atoms with E-state index >= 15 is 0 Å². The van der Waals surface area contributed by atoms with Gasteiger partial charge in [-0.3, -0.25) is 4.79 Å². The van der Waals surface area contributed by atoms with Crippen molar-refractivity contribution in [2.45, 2.75) is 18.7 Å². The fraction of sp³-hybridized carbons (Fsp3) is 0.118. The average molecular weight is 407 g/mol. The monoisotopic (exact) mass is 406 g/mol. The van der Waals surface area contributed by atoms with Gasteiger partial charge in [0, 0.05) is 17.4 Å². The maximum absolute atomic E-state index is 12.5. The van der Waals surface area contributed by atoms with E-state index in [1.165, 1.54) is 36.5 Å². The van der Waals surface area contributed by atoms with Crippen LogP contribution in [0.5, 0.6) is 0 Å². The Morgan fingerprint density at radius 3 is 2.44 bits per heavy atom. The Labute approximate surface area is 160 Å². The molecule has 0 aliphatic heterocycles. The second-order valence-corrected chi connectivity index (χ2v) is 7.69. The van der Waals surface area contributed by atoms with Crippen molar-refractivity contribution in [3.63, 3.8) is 0 Å². The summed E-state index contributed by atoms with van der Waals surface area (Å²) in [6.07, 6.45) is 1.48. The Bertz CT molecular complexity index is 1090. The Morgan fingerprint density at radius 2 is 1.85 bits per heavy atom. The lowest BCUT2D eigenvalue weighted by molar-refractivity contribution is 0.102. The van der Waals surface area contributed by atoms with Gasteiger partial charge in [0.1, 0.15) is 5.15 Å². The molecule has 0 saturated carbocycles. The lowest BCUT2D eigenvalue weighted by atomic mass is 10.2. The molecule has 1 amide bonds. The van der Waals surface area contributed by atoms with Crippen molar-refractivity contribution in [2.24, 2.45) is 0 Å². The van der Waals surface area contributed by atoms with E-state index in [2.05, 4.69) is 20.2 Å². The highest BCUT2D eigenvalue weighted by molar-refractivity contribution is 7.92. The van der Waals surface area contributed by atoms with Gasteiger partial charge in [0.25, 0.3) is 15.9 Å². The van der Waals surface area contributed by atoms with Crippen LogP contribution in [0.15, 0.2) is 52.0 Å². The highest BCUT2D eigenvalue weighted by Gasteiger charge is 2.19. The van der Waals surface area contributed by atoms with Gasteiger partial charge in [-0.05, 0) is 50.2 Å². The van der Waals surface area contributed by atoms with Crippen molar-refractivity contribution in [3.8, 4) is 0 Å². The van der Waals surface area contributed by atoms with Crippen LogP contribution in [-0.2, 0) is 10.0 Å². The van der Waals surface area contributed by atoms with Crippen LogP contribution in [0, 0.1) is 13.8 Å². The summed E-state index contributed by atoms with van der Waals surface area (Å²) in [5.41, 5.74) is 1.83. The van der Waals surface area contributed by atoms with Crippen LogP contribution < -0.4 is 10.0 Å². The zero-order chi connectivity index (χ0) is 19.6. The van der Waals surface area contributed by atoms with Crippen molar-refractivity contribution < 1.29 is 17.7 Å². The number of aryl methyl sites for hydroxylation is 1. The van der Waals surface area contributed by atoms with Crippen molar-refractivity contribution in [1.82, 2.24) is 10.1 Å². The first-order chi connectivity index (χ1) is 12.8. The van der Waals surface area contributed by atoms with Crippen LogP contribution in [0.3, 0.4) is 0 Å². The first kappa shape index (κ1) is 18.9. The summed E-state index contributed by atoms with van der Waals surface area (Å²) in [4.78, 5) is 16.1. The molecule has 140 valence electrons. The number of hydrogen-bond acceptors (Lipinski definition) is 6. The van der Waals surface area contributed by atoms with Gasteiger partial charge < -0.3 is 9.84 Å². The topological polar surface area (TPSA) is 114 Å². The fourth-order valence-electron chi connectivity index (χ4n) is 2.16. The number of carbonyl (C=O) groups is 1. The molecule has 10 heteroatoms. The first-order valence-electron chi connectivity index (χ1n) is 7.75. The Hall–Kier alpha value is -2.91. The second kappa shape index (κ2) is 7.37. The summed E-state index contributed by atoms with van der Waals surface area (Å²) in [6.45, 7) is 3.41. The van der Waals surface area contributed by atoms with Gasteiger partial charge in [0.05, 0.1) is 16.2 Å². The molecule has 2 aromatic heterocycles. The zero-order valence-corrected chi connectivity index (χ0v) is 15.9. The molecule has 2 heterocycles. The molecule has 1 aromatic carbocycles. The van der Waals surface area contributed by atoms with E-state index in [-0.39, 0.29) is 21.5 Å². The van der Waals surface area contributed by atoms with Crippen LogP contribution >= 0.6 is 11.6 Å². The second-order valence-electron chi connectivity index (χ2n) is 5.65. The van der Waals surface area contributed by atoms with Crippen molar-refractivity contribution in [1.29, 1.82) is 0 Å². The number of hydrogen-bond donors (Lipinski definition) is 2. The standard InChI is InChI=1S/C17H15ClN4O4S/c1-10-11(2)21-26-17(10)22-27(24,25)13-7-5-12(6-8-13)20-16(23)14-4-3-9-19-15(14)18/h3-9,22H,1-2H3,(H,20,23). The third kappa shape index (κ3) is 4.09. The number of sulfonamides is 1. The van der Waals surface area contributed by atoms with Gasteiger partial charge in [-0.25, -0.2) is 18.1 Å². The van der Waals surface area contributed by atoms with Gasteiger partial charge >= 0.3 is 0 Å². The molecule has 0 radical (unpaired) electrons. The molecule has 0 atom stereocenters. The average Bonchev–Trinajstić information content (AvgIpc) is 2.94. The quantitative estimate of drug-likeness (QED) is 0.627. The van der Waals surface area contributed by atoms with E-state index in [9.17, 15) is 13.2 Å². The van der Waals surface area contributed by atoms with E-state index in [1.54, 1.807) is 19.9 Å². The van der Waals surface area contributed by atoms with Crippen LogP contribution in [0.2, 0.25) is 5.15 Å². The summed E-state index contributed by atoms with van der Waals surface area (Å²) < 4.78 is 32.2. The summed E-state index contributed by atoms with van der Waals surface area (Å²) >= 11 is 5.89. The number of halogens is 1. The van der Waals surface area contributed by atoms with Crippen molar-refractivity contribution in [3.05, 3.63) is 64.6 Å². The molecule has 3 rings (SSSR count).